The Morgan fingerprint density at radius 3 is 2.74 bits per heavy atom. The van der Waals surface area contributed by atoms with E-state index in [9.17, 15) is 15.2 Å². The zero-order valence-corrected chi connectivity index (χ0v) is 15.1. The molecule has 0 spiro atoms. The Morgan fingerprint density at radius 1 is 1.26 bits per heavy atom. The second kappa shape index (κ2) is 7.85. The lowest BCUT2D eigenvalue weighted by Gasteiger charge is -2.13. The van der Waals surface area contributed by atoms with E-state index in [2.05, 4.69) is 4.99 Å². The molecular formula is C21H19N3O3. The number of pyridine rings is 1. The van der Waals surface area contributed by atoms with Gasteiger partial charge in [-0.25, -0.2) is 0 Å². The van der Waals surface area contributed by atoms with Crippen molar-refractivity contribution in [3.05, 3.63) is 69.5 Å². The Labute approximate surface area is 156 Å². The van der Waals surface area contributed by atoms with Gasteiger partial charge in [-0.15, -0.1) is 0 Å². The largest absolute Gasteiger partial charge is 0.494 e. The molecule has 6 heteroatoms. The van der Waals surface area contributed by atoms with E-state index in [1.807, 2.05) is 48.5 Å². The molecule has 6 nitrogen and oxygen atoms in total. The van der Waals surface area contributed by atoms with Crippen molar-refractivity contribution in [3.8, 4) is 11.9 Å². The monoisotopic (exact) mass is 361 g/mol. The summed E-state index contributed by atoms with van der Waals surface area (Å²) < 4.78 is 6.13. The van der Waals surface area contributed by atoms with Gasteiger partial charge < -0.3 is 9.84 Å². The number of fused-ring (bicyclic) bond motifs is 1. The minimum Gasteiger partial charge on any atom is -0.494 e. The molecule has 0 aliphatic rings. The molecule has 27 heavy (non-hydrogen) atoms. The smallest absolute Gasteiger partial charge is 0.271 e. The van der Waals surface area contributed by atoms with E-state index in [0.717, 1.165) is 21.0 Å². The second-order valence-electron chi connectivity index (χ2n) is 6.06. The number of hydrogen-bond donors (Lipinski definition) is 1. The average Bonchev–Trinajstić information content (AvgIpc) is 2.68. The summed E-state index contributed by atoms with van der Waals surface area (Å²) in [5, 5.41) is 22.0. The van der Waals surface area contributed by atoms with Gasteiger partial charge in [-0.2, -0.15) is 5.26 Å². The first-order valence-electron chi connectivity index (χ1n) is 8.45. The summed E-state index contributed by atoms with van der Waals surface area (Å²) in [6.07, 6.45) is 1.50. The van der Waals surface area contributed by atoms with E-state index in [1.54, 1.807) is 6.92 Å². The van der Waals surface area contributed by atoms with Crippen molar-refractivity contribution in [2.75, 3.05) is 13.7 Å². The molecule has 1 aromatic heterocycles. The summed E-state index contributed by atoms with van der Waals surface area (Å²) in [5.74, 6) is -0.225. The number of hydrogen-bond acceptors (Lipinski definition) is 5. The van der Waals surface area contributed by atoms with Crippen molar-refractivity contribution in [1.82, 2.24) is 4.57 Å². The lowest BCUT2D eigenvalue weighted by atomic mass is 10.1. The van der Waals surface area contributed by atoms with Crippen LogP contribution in [0.25, 0.3) is 10.8 Å². The third kappa shape index (κ3) is 3.46. The minimum absolute atomic E-state index is 0.0109. The number of rotatable bonds is 5. The van der Waals surface area contributed by atoms with Gasteiger partial charge in [0, 0.05) is 18.7 Å². The number of aromatic nitrogens is 1. The standard InChI is InChI=1S/C21H19N3O3/c1-14-17(12-22)20(25)24(10-11-27-2)21(26)18(14)13-23-19-9-5-7-15-6-3-4-8-16(15)19/h3-9,13,26H,10-11H2,1-2H3. The Kier molecular flexibility index (Phi) is 5.34. The number of methoxy groups -OCH3 is 1. The highest BCUT2D eigenvalue weighted by atomic mass is 16.5. The van der Waals surface area contributed by atoms with Gasteiger partial charge in [-0.1, -0.05) is 36.4 Å². The molecule has 0 saturated heterocycles. The fourth-order valence-electron chi connectivity index (χ4n) is 2.97. The van der Waals surface area contributed by atoms with Crippen molar-refractivity contribution in [1.29, 1.82) is 5.26 Å². The van der Waals surface area contributed by atoms with Crippen LogP contribution in [0.3, 0.4) is 0 Å². The molecule has 0 fully saturated rings. The van der Waals surface area contributed by atoms with Crippen LogP contribution in [0.5, 0.6) is 5.88 Å². The van der Waals surface area contributed by atoms with Crippen molar-refractivity contribution in [2.45, 2.75) is 13.5 Å². The Morgan fingerprint density at radius 2 is 2.00 bits per heavy atom. The van der Waals surface area contributed by atoms with Crippen LogP contribution in [0.4, 0.5) is 5.69 Å². The van der Waals surface area contributed by atoms with Gasteiger partial charge in [0.15, 0.2) is 0 Å². The number of ether oxygens (including phenoxy) is 1. The number of nitriles is 1. The fourth-order valence-corrected chi connectivity index (χ4v) is 2.97. The highest BCUT2D eigenvalue weighted by molar-refractivity contribution is 5.96. The first-order valence-corrected chi connectivity index (χ1v) is 8.45. The Balaban J connectivity index is 2.15. The number of benzene rings is 2. The lowest BCUT2D eigenvalue weighted by Crippen LogP contribution is -2.26. The normalized spacial score (nSPS) is 11.1. The molecule has 0 unspecified atom stereocenters. The van der Waals surface area contributed by atoms with Gasteiger partial charge in [0.2, 0.25) is 5.88 Å². The maximum Gasteiger partial charge on any atom is 0.271 e. The van der Waals surface area contributed by atoms with Gasteiger partial charge in [-0.3, -0.25) is 14.4 Å². The van der Waals surface area contributed by atoms with Gasteiger partial charge in [0.05, 0.1) is 24.4 Å². The Bertz CT molecular complexity index is 1120. The van der Waals surface area contributed by atoms with Gasteiger partial charge in [0.25, 0.3) is 5.56 Å². The first kappa shape index (κ1) is 18.4. The average molecular weight is 361 g/mol. The van der Waals surface area contributed by atoms with Crippen LogP contribution in [0.2, 0.25) is 0 Å². The zero-order valence-electron chi connectivity index (χ0n) is 15.1. The predicted octanol–water partition coefficient (Wildman–Crippen LogP) is 3.28. The third-order valence-electron chi connectivity index (χ3n) is 4.46. The van der Waals surface area contributed by atoms with E-state index in [4.69, 9.17) is 4.74 Å². The lowest BCUT2D eigenvalue weighted by molar-refractivity contribution is 0.182. The highest BCUT2D eigenvalue weighted by Crippen LogP contribution is 2.27. The molecular weight excluding hydrogens is 342 g/mol. The fraction of sp³-hybridized carbons (Fsp3) is 0.190. The van der Waals surface area contributed by atoms with Gasteiger partial charge in [0.1, 0.15) is 11.6 Å². The van der Waals surface area contributed by atoms with E-state index >= 15 is 0 Å². The second-order valence-corrected chi connectivity index (χ2v) is 6.06. The third-order valence-corrected chi connectivity index (χ3v) is 4.46. The van der Waals surface area contributed by atoms with E-state index in [1.165, 1.54) is 13.3 Å². The molecule has 0 atom stereocenters. The van der Waals surface area contributed by atoms with Crippen molar-refractivity contribution in [3.63, 3.8) is 0 Å². The van der Waals surface area contributed by atoms with Crippen LogP contribution >= 0.6 is 0 Å². The number of aromatic hydroxyl groups is 1. The molecule has 0 aliphatic carbocycles. The molecule has 1 N–H and O–H groups in total. The molecule has 0 bridgehead atoms. The molecule has 1 heterocycles. The summed E-state index contributed by atoms with van der Waals surface area (Å²) in [4.78, 5) is 16.9. The number of nitrogens with zero attached hydrogens (tertiary/aromatic N) is 3. The van der Waals surface area contributed by atoms with Crippen LogP contribution in [-0.2, 0) is 11.3 Å². The molecule has 0 saturated carbocycles. The van der Waals surface area contributed by atoms with Crippen LogP contribution in [0.15, 0.2) is 52.3 Å². The summed E-state index contributed by atoms with van der Waals surface area (Å²) in [5.41, 5.74) is 0.933. The topological polar surface area (TPSA) is 87.6 Å². The summed E-state index contributed by atoms with van der Waals surface area (Å²) in [6.45, 7) is 2.01. The van der Waals surface area contributed by atoms with Crippen LogP contribution < -0.4 is 5.56 Å². The molecule has 0 radical (unpaired) electrons. The Hall–Kier alpha value is -3.43. The molecule has 0 aliphatic heterocycles. The van der Waals surface area contributed by atoms with Crippen molar-refractivity contribution in [2.24, 2.45) is 4.99 Å². The van der Waals surface area contributed by atoms with Crippen molar-refractivity contribution >= 4 is 22.7 Å². The van der Waals surface area contributed by atoms with Crippen molar-refractivity contribution < 1.29 is 9.84 Å². The maximum atomic E-state index is 12.4. The summed E-state index contributed by atoms with van der Waals surface area (Å²) >= 11 is 0. The molecule has 3 rings (SSSR count). The van der Waals surface area contributed by atoms with E-state index in [-0.39, 0.29) is 24.6 Å². The molecule has 3 aromatic rings. The van der Waals surface area contributed by atoms with Gasteiger partial charge >= 0.3 is 0 Å². The zero-order chi connectivity index (χ0) is 19.4. The highest BCUT2D eigenvalue weighted by Gasteiger charge is 2.17. The molecule has 136 valence electrons. The first-order chi connectivity index (χ1) is 13.1. The van der Waals surface area contributed by atoms with E-state index in [0.29, 0.717) is 11.1 Å². The van der Waals surface area contributed by atoms with Crippen LogP contribution in [0.1, 0.15) is 16.7 Å². The number of aliphatic imine (C=N–C) groups is 1. The SMILES string of the molecule is COCCn1c(O)c(C=Nc2cccc3ccccc23)c(C)c(C#N)c1=O. The predicted molar refractivity (Wildman–Crippen MR) is 105 cm³/mol. The quantitative estimate of drug-likeness (QED) is 0.707. The molecule has 2 aromatic carbocycles. The van der Waals surface area contributed by atoms with Gasteiger partial charge in [-0.05, 0) is 23.9 Å². The van der Waals surface area contributed by atoms with Crippen LogP contribution in [0, 0.1) is 18.3 Å². The maximum absolute atomic E-state index is 12.4. The summed E-state index contributed by atoms with van der Waals surface area (Å²) in [7, 11) is 1.50. The minimum atomic E-state index is -0.535. The summed E-state index contributed by atoms with van der Waals surface area (Å²) in [6, 6.07) is 15.6. The molecule has 0 amide bonds. The van der Waals surface area contributed by atoms with E-state index < -0.39 is 5.56 Å². The van der Waals surface area contributed by atoms with Crippen LogP contribution in [-0.4, -0.2) is 29.6 Å².